The van der Waals surface area contributed by atoms with Gasteiger partial charge in [-0.1, -0.05) is 28.1 Å². The lowest BCUT2D eigenvalue weighted by Crippen LogP contribution is -2.11. The van der Waals surface area contributed by atoms with Crippen LogP contribution in [0.1, 0.15) is 22.3 Å². The zero-order valence-electron chi connectivity index (χ0n) is 7.87. The Morgan fingerprint density at radius 2 is 1.79 bits per heavy atom. The molecule has 0 aliphatic rings. The van der Waals surface area contributed by atoms with Crippen LogP contribution in [0.15, 0.2) is 12.1 Å². The number of rotatable bonds is 1. The summed E-state index contributed by atoms with van der Waals surface area (Å²) in [5, 5.41) is 0.447. The fourth-order valence-electron chi connectivity index (χ4n) is 1.47. The fourth-order valence-corrected chi connectivity index (χ4v) is 2.08. The van der Waals surface area contributed by atoms with E-state index in [1.54, 1.807) is 6.07 Å². The first-order chi connectivity index (χ1) is 6.38. The van der Waals surface area contributed by atoms with E-state index in [9.17, 15) is 13.2 Å². The van der Waals surface area contributed by atoms with Gasteiger partial charge in [-0.15, -0.1) is 0 Å². The summed E-state index contributed by atoms with van der Waals surface area (Å²) in [6, 6.07) is 3.22. The average molecular weight is 267 g/mol. The minimum absolute atomic E-state index is 0.278. The molecule has 0 radical (unpaired) electrons. The number of aryl methyl sites for hydroxylation is 1. The summed E-state index contributed by atoms with van der Waals surface area (Å²) in [5.41, 5.74) is 0.770. The highest BCUT2D eigenvalue weighted by Crippen LogP contribution is 2.35. The van der Waals surface area contributed by atoms with Gasteiger partial charge in [0.05, 0.1) is 5.56 Å². The molecule has 0 fully saturated rings. The van der Waals surface area contributed by atoms with Gasteiger partial charge in [0.15, 0.2) is 0 Å². The predicted molar refractivity (Wildman–Crippen MR) is 53.5 cm³/mol. The molecule has 0 saturated carbocycles. The van der Waals surface area contributed by atoms with Gasteiger partial charge < -0.3 is 0 Å². The SMILES string of the molecule is Cc1ccc(CBr)c(C)c1C(F)(F)F. The monoisotopic (exact) mass is 266 g/mol. The summed E-state index contributed by atoms with van der Waals surface area (Å²) in [5.74, 6) is 0. The van der Waals surface area contributed by atoms with Crippen molar-refractivity contribution in [2.45, 2.75) is 25.4 Å². The summed E-state index contributed by atoms with van der Waals surface area (Å²) in [4.78, 5) is 0. The Bertz CT molecular complexity index is 342. The molecule has 0 aromatic heterocycles. The Labute approximate surface area is 89.3 Å². The van der Waals surface area contributed by atoms with Crippen LogP contribution in [0.25, 0.3) is 0 Å². The molecule has 0 N–H and O–H groups in total. The standard InChI is InChI=1S/C10H10BrF3/c1-6-3-4-8(5-11)7(2)9(6)10(12,13)14/h3-4H,5H2,1-2H3. The van der Waals surface area contributed by atoms with Crippen molar-refractivity contribution in [2.75, 3.05) is 0 Å². The van der Waals surface area contributed by atoms with Crippen molar-refractivity contribution in [3.8, 4) is 0 Å². The van der Waals surface area contributed by atoms with Gasteiger partial charge in [0.25, 0.3) is 0 Å². The average Bonchev–Trinajstić information content (AvgIpc) is 2.02. The van der Waals surface area contributed by atoms with Crippen LogP contribution in [-0.4, -0.2) is 0 Å². The third kappa shape index (κ3) is 2.11. The van der Waals surface area contributed by atoms with Gasteiger partial charge in [0.2, 0.25) is 0 Å². The molecule has 0 aliphatic carbocycles. The van der Waals surface area contributed by atoms with Crippen LogP contribution in [-0.2, 0) is 11.5 Å². The largest absolute Gasteiger partial charge is 0.416 e. The van der Waals surface area contributed by atoms with Gasteiger partial charge in [-0.25, -0.2) is 0 Å². The molecule has 0 saturated heterocycles. The van der Waals surface area contributed by atoms with Crippen LogP contribution < -0.4 is 0 Å². The van der Waals surface area contributed by atoms with Crippen LogP contribution in [0.5, 0.6) is 0 Å². The highest BCUT2D eigenvalue weighted by atomic mass is 79.9. The summed E-state index contributed by atoms with van der Waals surface area (Å²) in [7, 11) is 0. The van der Waals surface area contributed by atoms with E-state index in [1.807, 2.05) is 0 Å². The normalized spacial score (nSPS) is 11.9. The van der Waals surface area contributed by atoms with Crippen molar-refractivity contribution < 1.29 is 13.2 Å². The van der Waals surface area contributed by atoms with E-state index in [4.69, 9.17) is 0 Å². The maximum Gasteiger partial charge on any atom is 0.416 e. The van der Waals surface area contributed by atoms with Crippen LogP contribution in [0.4, 0.5) is 13.2 Å². The second kappa shape index (κ2) is 3.93. The van der Waals surface area contributed by atoms with E-state index in [0.717, 1.165) is 0 Å². The maximum atomic E-state index is 12.6. The number of alkyl halides is 4. The highest BCUT2D eigenvalue weighted by molar-refractivity contribution is 9.08. The number of hydrogen-bond donors (Lipinski definition) is 0. The van der Waals surface area contributed by atoms with E-state index in [1.165, 1.54) is 19.9 Å². The van der Waals surface area contributed by atoms with Crippen LogP contribution in [0.2, 0.25) is 0 Å². The third-order valence-corrected chi connectivity index (χ3v) is 2.82. The molecule has 0 aliphatic heterocycles. The van der Waals surface area contributed by atoms with Crippen molar-refractivity contribution in [3.05, 3.63) is 34.4 Å². The molecule has 78 valence electrons. The first kappa shape index (κ1) is 11.6. The lowest BCUT2D eigenvalue weighted by atomic mass is 9.98. The maximum absolute atomic E-state index is 12.6. The minimum atomic E-state index is -4.26. The van der Waals surface area contributed by atoms with Crippen molar-refractivity contribution in [3.63, 3.8) is 0 Å². The number of benzene rings is 1. The van der Waals surface area contributed by atoms with Gasteiger partial charge >= 0.3 is 6.18 Å². The zero-order chi connectivity index (χ0) is 10.9. The number of hydrogen-bond acceptors (Lipinski definition) is 0. The molecule has 0 nitrogen and oxygen atoms in total. The van der Waals surface area contributed by atoms with Gasteiger partial charge in [0, 0.05) is 5.33 Å². The highest BCUT2D eigenvalue weighted by Gasteiger charge is 2.34. The number of halogens is 4. The van der Waals surface area contributed by atoms with E-state index in [0.29, 0.717) is 16.5 Å². The van der Waals surface area contributed by atoms with Crippen molar-refractivity contribution >= 4 is 15.9 Å². The Hall–Kier alpha value is -0.510. The summed E-state index contributed by atoms with van der Waals surface area (Å²) >= 11 is 3.17. The molecular formula is C10H10BrF3. The summed E-state index contributed by atoms with van der Waals surface area (Å²) in [6.45, 7) is 2.99. The van der Waals surface area contributed by atoms with E-state index in [-0.39, 0.29) is 5.56 Å². The second-order valence-electron chi connectivity index (χ2n) is 3.17. The lowest BCUT2D eigenvalue weighted by molar-refractivity contribution is -0.138. The van der Waals surface area contributed by atoms with E-state index in [2.05, 4.69) is 15.9 Å². The Balaban J connectivity index is 3.40. The molecule has 0 unspecified atom stereocenters. The lowest BCUT2D eigenvalue weighted by Gasteiger charge is -2.15. The van der Waals surface area contributed by atoms with Crippen molar-refractivity contribution in [1.82, 2.24) is 0 Å². The molecule has 1 aromatic carbocycles. The van der Waals surface area contributed by atoms with Gasteiger partial charge in [-0.3, -0.25) is 0 Å². The van der Waals surface area contributed by atoms with E-state index < -0.39 is 11.7 Å². The first-order valence-corrected chi connectivity index (χ1v) is 5.22. The molecule has 0 atom stereocenters. The molecule has 0 spiro atoms. The van der Waals surface area contributed by atoms with Crippen molar-refractivity contribution in [1.29, 1.82) is 0 Å². The first-order valence-electron chi connectivity index (χ1n) is 4.10. The van der Waals surface area contributed by atoms with E-state index >= 15 is 0 Å². The Morgan fingerprint density at radius 1 is 1.21 bits per heavy atom. The minimum Gasteiger partial charge on any atom is -0.166 e. The molecule has 14 heavy (non-hydrogen) atoms. The fraction of sp³-hybridized carbons (Fsp3) is 0.400. The molecular weight excluding hydrogens is 257 g/mol. The smallest absolute Gasteiger partial charge is 0.166 e. The second-order valence-corrected chi connectivity index (χ2v) is 3.73. The van der Waals surface area contributed by atoms with Gasteiger partial charge in [-0.05, 0) is 30.5 Å². The topological polar surface area (TPSA) is 0 Å². The van der Waals surface area contributed by atoms with Crippen LogP contribution in [0, 0.1) is 13.8 Å². The van der Waals surface area contributed by atoms with Crippen molar-refractivity contribution in [2.24, 2.45) is 0 Å². The quantitative estimate of drug-likeness (QED) is 0.668. The Kier molecular flexibility index (Phi) is 3.24. The summed E-state index contributed by atoms with van der Waals surface area (Å²) in [6.07, 6.45) is -4.26. The van der Waals surface area contributed by atoms with Gasteiger partial charge in [0.1, 0.15) is 0 Å². The van der Waals surface area contributed by atoms with Gasteiger partial charge in [-0.2, -0.15) is 13.2 Å². The molecule has 0 amide bonds. The molecule has 4 heteroatoms. The molecule has 1 aromatic rings. The zero-order valence-corrected chi connectivity index (χ0v) is 9.46. The predicted octanol–water partition coefficient (Wildman–Crippen LogP) is 4.22. The Morgan fingerprint density at radius 3 is 2.21 bits per heavy atom. The van der Waals surface area contributed by atoms with Crippen LogP contribution in [0.3, 0.4) is 0 Å². The summed E-state index contributed by atoms with van der Waals surface area (Å²) < 4.78 is 37.8. The van der Waals surface area contributed by atoms with Crippen LogP contribution >= 0.6 is 15.9 Å². The molecule has 0 heterocycles. The third-order valence-electron chi connectivity index (χ3n) is 2.21. The molecule has 0 bridgehead atoms. The molecule has 1 rings (SSSR count).